The van der Waals surface area contributed by atoms with Crippen molar-refractivity contribution in [2.75, 3.05) is 12.3 Å². The molecule has 2 heterocycles. The number of rotatable bonds is 3. The van der Waals surface area contributed by atoms with Crippen LogP contribution in [0.3, 0.4) is 0 Å². The lowest BCUT2D eigenvalue weighted by atomic mass is 10.0. The second-order valence-corrected chi connectivity index (χ2v) is 8.52. The molecule has 0 bridgehead atoms. The molecule has 0 unspecified atom stereocenters. The lowest BCUT2D eigenvalue weighted by molar-refractivity contribution is 0.548. The third-order valence-electron chi connectivity index (χ3n) is 3.59. The maximum atomic E-state index is 11.6. The highest BCUT2D eigenvalue weighted by atomic mass is 32.2. The van der Waals surface area contributed by atoms with Gasteiger partial charge < -0.3 is 4.90 Å². The fraction of sp³-hybridized carbons (Fsp3) is 0.312. The second kappa shape index (κ2) is 5.93. The molecule has 1 aromatic rings. The third kappa shape index (κ3) is 3.44. The standard InChI is InChI=1S/C16H18N2O2S2/c1-12(2)13-3-5-14(6-4-13)21-15-7-8-18-9-10-22(19,20)17-16(18)11-15/h3-8,11-12H,9-10H2,1-2H3. The average Bonchev–Trinajstić information content (AvgIpc) is 2.46. The molecule has 0 fully saturated rings. The summed E-state index contributed by atoms with van der Waals surface area (Å²) in [6, 6.07) is 8.46. The fourth-order valence-corrected chi connectivity index (χ4v) is 4.09. The summed E-state index contributed by atoms with van der Waals surface area (Å²) in [5, 5.41) is 0. The minimum Gasteiger partial charge on any atom is -0.331 e. The van der Waals surface area contributed by atoms with Crippen molar-refractivity contribution < 1.29 is 8.42 Å². The van der Waals surface area contributed by atoms with Gasteiger partial charge in [-0.05, 0) is 35.8 Å². The Morgan fingerprint density at radius 2 is 1.95 bits per heavy atom. The van der Waals surface area contributed by atoms with Gasteiger partial charge in [0.1, 0.15) is 5.84 Å². The number of nitrogens with zero attached hydrogens (tertiary/aromatic N) is 2. The van der Waals surface area contributed by atoms with Crippen LogP contribution in [0.5, 0.6) is 0 Å². The van der Waals surface area contributed by atoms with Crippen LogP contribution in [0.15, 0.2) is 56.8 Å². The van der Waals surface area contributed by atoms with Crippen molar-refractivity contribution in [2.45, 2.75) is 24.7 Å². The van der Waals surface area contributed by atoms with Gasteiger partial charge in [-0.15, -0.1) is 4.40 Å². The van der Waals surface area contributed by atoms with Crippen molar-refractivity contribution in [3.05, 3.63) is 53.1 Å². The lowest BCUT2D eigenvalue weighted by Gasteiger charge is -2.26. The van der Waals surface area contributed by atoms with Gasteiger partial charge in [-0.2, -0.15) is 0 Å². The van der Waals surface area contributed by atoms with Crippen LogP contribution in [0.1, 0.15) is 25.3 Å². The number of amidine groups is 1. The SMILES string of the molecule is CC(C)c1ccc(SC2=CC3=NS(=O)(=O)CCN3C=C2)cc1. The molecule has 0 saturated carbocycles. The fourth-order valence-electron chi connectivity index (χ4n) is 2.29. The Bertz CT molecular complexity index is 760. The molecular weight excluding hydrogens is 316 g/mol. The summed E-state index contributed by atoms with van der Waals surface area (Å²) in [6.45, 7) is 4.81. The van der Waals surface area contributed by atoms with Gasteiger partial charge in [0.05, 0.1) is 5.75 Å². The summed E-state index contributed by atoms with van der Waals surface area (Å²) in [4.78, 5) is 3.99. The molecule has 0 aromatic heterocycles. The molecule has 0 spiro atoms. The highest BCUT2D eigenvalue weighted by molar-refractivity contribution is 8.03. The first-order chi connectivity index (χ1) is 10.4. The molecule has 2 aliphatic rings. The summed E-state index contributed by atoms with van der Waals surface area (Å²) in [6.07, 6.45) is 5.73. The van der Waals surface area contributed by atoms with E-state index in [1.165, 1.54) is 5.56 Å². The Hall–Kier alpha value is -1.53. The molecule has 4 nitrogen and oxygen atoms in total. The van der Waals surface area contributed by atoms with E-state index < -0.39 is 10.0 Å². The van der Waals surface area contributed by atoms with Crippen LogP contribution in [0, 0.1) is 0 Å². The van der Waals surface area contributed by atoms with E-state index in [0.717, 1.165) is 9.80 Å². The number of hydrogen-bond acceptors (Lipinski definition) is 4. The average molecular weight is 334 g/mol. The first-order valence-corrected chi connectivity index (χ1v) is 9.62. The minimum atomic E-state index is -3.31. The van der Waals surface area contributed by atoms with E-state index in [-0.39, 0.29) is 5.75 Å². The number of benzene rings is 1. The van der Waals surface area contributed by atoms with Crippen LogP contribution in [-0.4, -0.2) is 31.5 Å². The van der Waals surface area contributed by atoms with Gasteiger partial charge in [-0.25, -0.2) is 8.42 Å². The van der Waals surface area contributed by atoms with E-state index in [4.69, 9.17) is 0 Å². The van der Waals surface area contributed by atoms with Crippen molar-refractivity contribution in [3.8, 4) is 0 Å². The quantitative estimate of drug-likeness (QED) is 0.850. The predicted molar refractivity (Wildman–Crippen MR) is 91.5 cm³/mol. The largest absolute Gasteiger partial charge is 0.331 e. The maximum absolute atomic E-state index is 11.6. The number of fused-ring (bicyclic) bond motifs is 1. The van der Waals surface area contributed by atoms with Crippen molar-refractivity contribution >= 4 is 27.6 Å². The molecule has 0 radical (unpaired) electrons. The molecule has 6 heteroatoms. The molecule has 3 rings (SSSR count). The summed E-state index contributed by atoms with van der Waals surface area (Å²) in [7, 11) is -3.31. The summed E-state index contributed by atoms with van der Waals surface area (Å²) in [5.74, 6) is 1.10. The van der Waals surface area contributed by atoms with Crippen LogP contribution < -0.4 is 0 Å². The van der Waals surface area contributed by atoms with Crippen molar-refractivity contribution in [1.82, 2.24) is 4.90 Å². The number of sulfonamides is 1. The van der Waals surface area contributed by atoms with E-state index in [1.807, 2.05) is 23.3 Å². The highest BCUT2D eigenvalue weighted by Crippen LogP contribution is 2.31. The number of allylic oxidation sites excluding steroid dienone is 1. The van der Waals surface area contributed by atoms with Crippen LogP contribution >= 0.6 is 11.8 Å². The van der Waals surface area contributed by atoms with Crippen LogP contribution in [0.2, 0.25) is 0 Å². The van der Waals surface area contributed by atoms with Gasteiger partial charge in [0.2, 0.25) is 0 Å². The Morgan fingerprint density at radius 3 is 2.64 bits per heavy atom. The lowest BCUT2D eigenvalue weighted by Crippen LogP contribution is -2.36. The summed E-state index contributed by atoms with van der Waals surface area (Å²) >= 11 is 1.61. The molecule has 0 N–H and O–H groups in total. The Labute approximate surface area is 135 Å². The van der Waals surface area contributed by atoms with Gasteiger partial charge >= 0.3 is 0 Å². The predicted octanol–water partition coefficient (Wildman–Crippen LogP) is 3.36. The van der Waals surface area contributed by atoms with Gasteiger partial charge in [-0.1, -0.05) is 37.7 Å². The topological polar surface area (TPSA) is 49.7 Å². The van der Waals surface area contributed by atoms with Crippen LogP contribution in [0.4, 0.5) is 0 Å². The Kier molecular flexibility index (Phi) is 4.14. The zero-order valence-electron chi connectivity index (χ0n) is 12.6. The highest BCUT2D eigenvalue weighted by Gasteiger charge is 2.23. The molecule has 0 saturated heterocycles. The van der Waals surface area contributed by atoms with Gasteiger partial charge in [0.15, 0.2) is 0 Å². The molecule has 0 atom stereocenters. The van der Waals surface area contributed by atoms with E-state index in [0.29, 0.717) is 18.3 Å². The van der Waals surface area contributed by atoms with Gasteiger partial charge in [-0.3, -0.25) is 0 Å². The van der Waals surface area contributed by atoms with Crippen LogP contribution in [-0.2, 0) is 10.0 Å². The molecule has 0 aliphatic carbocycles. The monoisotopic (exact) mass is 334 g/mol. The maximum Gasteiger partial charge on any atom is 0.256 e. The third-order valence-corrected chi connectivity index (χ3v) is 5.75. The van der Waals surface area contributed by atoms with Crippen LogP contribution in [0.25, 0.3) is 0 Å². The zero-order valence-corrected chi connectivity index (χ0v) is 14.2. The number of thioether (sulfide) groups is 1. The number of hydrogen-bond donors (Lipinski definition) is 0. The molecule has 22 heavy (non-hydrogen) atoms. The Balaban J connectivity index is 1.80. The molecular formula is C16H18N2O2S2. The first-order valence-electron chi connectivity index (χ1n) is 7.20. The zero-order chi connectivity index (χ0) is 15.7. The smallest absolute Gasteiger partial charge is 0.256 e. The Morgan fingerprint density at radius 1 is 1.23 bits per heavy atom. The second-order valence-electron chi connectivity index (χ2n) is 5.62. The van der Waals surface area contributed by atoms with E-state index >= 15 is 0 Å². The minimum absolute atomic E-state index is 0.0772. The normalized spacial score (nSPS) is 19.7. The van der Waals surface area contributed by atoms with E-state index in [1.54, 1.807) is 11.8 Å². The molecule has 116 valence electrons. The van der Waals surface area contributed by atoms with E-state index in [2.05, 4.69) is 42.5 Å². The summed E-state index contributed by atoms with van der Waals surface area (Å²) < 4.78 is 27.0. The summed E-state index contributed by atoms with van der Waals surface area (Å²) in [5.41, 5.74) is 1.31. The van der Waals surface area contributed by atoms with Gasteiger partial charge in [0.25, 0.3) is 10.0 Å². The van der Waals surface area contributed by atoms with Crippen molar-refractivity contribution in [2.24, 2.45) is 4.40 Å². The molecule has 2 aliphatic heterocycles. The van der Waals surface area contributed by atoms with Crippen molar-refractivity contribution in [1.29, 1.82) is 0 Å². The van der Waals surface area contributed by atoms with E-state index in [9.17, 15) is 8.42 Å². The molecule has 1 aromatic carbocycles. The first kappa shape index (κ1) is 15.4. The van der Waals surface area contributed by atoms with Gasteiger partial charge in [0, 0.05) is 22.5 Å². The molecule has 0 amide bonds. The van der Waals surface area contributed by atoms with Crippen molar-refractivity contribution in [3.63, 3.8) is 0 Å².